The van der Waals surface area contributed by atoms with Crippen LogP contribution in [0.25, 0.3) is 0 Å². The van der Waals surface area contributed by atoms with Crippen molar-refractivity contribution in [3.63, 3.8) is 0 Å². The van der Waals surface area contributed by atoms with E-state index in [-0.39, 0.29) is 0 Å². The Morgan fingerprint density at radius 1 is 0.958 bits per heavy atom. The first-order chi connectivity index (χ1) is 11.5. The first-order valence-electron chi connectivity index (χ1n) is 8.46. The summed E-state index contributed by atoms with van der Waals surface area (Å²) in [5.41, 5.74) is 5.85. The number of rotatable bonds is 6. The highest BCUT2D eigenvalue weighted by Gasteiger charge is 2.16. The van der Waals surface area contributed by atoms with Gasteiger partial charge in [-0.2, -0.15) is 0 Å². The average molecular weight is 344 g/mol. The highest BCUT2D eigenvalue weighted by molar-refractivity contribution is 7.89. The van der Waals surface area contributed by atoms with Gasteiger partial charge in [0.25, 0.3) is 0 Å². The maximum absolute atomic E-state index is 12.6. The predicted octanol–water partition coefficient (Wildman–Crippen LogP) is 2.89. The van der Waals surface area contributed by atoms with Crippen LogP contribution in [0, 0.1) is 0 Å². The lowest BCUT2D eigenvalue weighted by atomic mass is 10.0. The van der Waals surface area contributed by atoms with Crippen LogP contribution in [0.15, 0.2) is 41.3 Å². The molecule has 128 valence electrons. The van der Waals surface area contributed by atoms with Crippen LogP contribution in [0.4, 0.5) is 0 Å². The SMILES string of the molecule is CCc1ccc(S(=O)(=O)NCc2ccc3c(c2)CNC3)cc1CC. The van der Waals surface area contributed by atoms with Gasteiger partial charge in [0.2, 0.25) is 10.0 Å². The zero-order chi connectivity index (χ0) is 17.2. The zero-order valence-corrected chi connectivity index (χ0v) is 15.0. The number of fused-ring (bicyclic) bond motifs is 1. The van der Waals surface area contributed by atoms with E-state index >= 15 is 0 Å². The molecule has 0 spiro atoms. The Morgan fingerprint density at radius 2 is 1.71 bits per heavy atom. The van der Waals surface area contributed by atoms with Gasteiger partial charge in [0, 0.05) is 19.6 Å². The summed E-state index contributed by atoms with van der Waals surface area (Å²) >= 11 is 0. The van der Waals surface area contributed by atoms with Crippen LogP contribution in [-0.2, 0) is 42.5 Å². The lowest BCUT2D eigenvalue weighted by Gasteiger charge is -2.11. The molecule has 0 fully saturated rings. The fourth-order valence-electron chi connectivity index (χ4n) is 3.16. The molecule has 0 radical (unpaired) electrons. The quantitative estimate of drug-likeness (QED) is 0.847. The molecule has 1 aliphatic rings. The van der Waals surface area contributed by atoms with Gasteiger partial charge in [-0.25, -0.2) is 13.1 Å². The highest BCUT2D eigenvalue weighted by atomic mass is 32.2. The fourth-order valence-corrected chi connectivity index (χ4v) is 4.23. The number of aryl methyl sites for hydroxylation is 2. The van der Waals surface area contributed by atoms with Crippen molar-refractivity contribution in [3.05, 3.63) is 64.2 Å². The Balaban J connectivity index is 1.76. The molecule has 5 heteroatoms. The zero-order valence-electron chi connectivity index (χ0n) is 14.2. The predicted molar refractivity (Wildman–Crippen MR) is 96.2 cm³/mol. The van der Waals surface area contributed by atoms with E-state index < -0.39 is 10.0 Å². The molecular formula is C19H24N2O2S. The third-order valence-corrected chi connectivity index (χ3v) is 6.02. The molecule has 0 unspecified atom stereocenters. The molecule has 4 nitrogen and oxygen atoms in total. The molecule has 1 aliphatic heterocycles. The molecule has 1 heterocycles. The van der Waals surface area contributed by atoms with E-state index in [9.17, 15) is 8.42 Å². The lowest BCUT2D eigenvalue weighted by Crippen LogP contribution is -2.23. The minimum absolute atomic E-state index is 0.312. The molecule has 0 saturated heterocycles. The van der Waals surface area contributed by atoms with Gasteiger partial charge in [-0.3, -0.25) is 0 Å². The number of hydrogen-bond acceptors (Lipinski definition) is 3. The van der Waals surface area contributed by atoms with E-state index in [1.165, 1.54) is 16.7 Å². The Labute approximate surface area is 144 Å². The van der Waals surface area contributed by atoms with Crippen LogP contribution in [0.5, 0.6) is 0 Å². The summed E-state index contributed by atoms with van der Waals surface area (Å²) in [6, 6.07) is 11.6. The third kappa shape index (κ3) is 3.53. The maximum Gasteiger partial charge on any atom is 0.240 e. The summed E-state index contributed by atoms with van der Waals surface area (Å²) in [4.78, 5) is 0.347. The van der Waals surface area contributed by atoms with E-state index in [0.717, 1.165) is 37.1 Å². The van der Waals surface area contributed by atoms with Crippen molar-refractivity contribution in [2.24, 2.45) is 0 Å². The van der Waals surface area contributed by atoms with Crippen molar-refractivity contribution in [3.8, 4) is 0 Å². The van der Waals surface area contributed by atoms with Gasteiger partial charge in [0.05, 0.1) is 4.90 Å². The van der Waals surface area contributed by atoms with Gasteiger partial charge < -0.3 is 5.32 Å². The van der Waals surface area contributed by atoms with Crippen molar-refractivity contribution in [1.82, 2.24) is 10.0 Å². The molecule has 0 aliphatic carbocycles. The Bertz CT molecular complexity index is 844. The van der Waals surface area contributed by atoms with Gasteiger partial charge >= 0.3 is 0 Å². The van der Waals surface area contributed by atoms with Crippen LogP contribution in [-0.4, -0.2) is 8.42 Å². The third-order valence-electron chi connectivity index (χ3n) is 4.62. The molecular weight excluding hydrogens is 320 g/mol. The van der Waals surface area contributed by atoms with E-state index in [4.69, 9.17) is 0 Å². The molecule has 3 rings (SSSR count). The number of hydrogen-bond donors (Lipinski definition) is 2. The van der Waals surface area contributed by atoms with Gasteiger partial charge in [0.15, 0.2) is 0 Å². The molecule has 0 atom stereocenters. The first kappa shape index (κ1) is 17.1. The second-order valence-electron chi connectivity index (χ2n) is 6.17. The molecule has 0 saturated carbocycles. The smallest absolute Gasteiger partial charge is 0.240 e. The summed E-state index contributed by atoms with van der Waals surface area (Å²) < 4.78 is 27.9. The van der Waals surface area contributed by atoms with Crippen molar-refractivity contribution >= 4 is 10.0 Å². The monoisotopic (exact) mass is 344 g/mol. The Morgan fingerprint density at radius 3 is 2.46 bits per heavy atom. The molecule has 24 heavy (non-hydrogen) atoms. The fraction of sp³-hybridized carbons (Fsp3) is 0.368. The summed E-state index contributed by atoms with van der Waals surface area (Å²) in [6.45, 7) is 6.20. The second kappa shape index (κ2) is 7.05. The molecule has 0 bridgehead atoms. The minimum atomic E-state index is -3.50. The van der Waals surface area contributed by atoms with Crippen molar-refractivity contribution in [2.75, 3.05) is 0 Å². The summed E-state index contributed by atoms with van der Waals surface area (Å²) in [5.74, 6) is 0. The second-order valence-corrected chi connectivity index (χ2v) is 7.94. The standard InChI is InChI=1S/C19H24N2O2S/c1-3-15-7-8-19(10-16(15)4-2)24(22,23)21-11-14-5-6-17-12-20-13-18(17)9-14/h5-10,20-21H,3-4,11-13H2,1-2H3. The lowest BCUT2D eigenvalue weighted by molar-refractivity contribution is 0.581. The van der Waals surface area contributed by atoms with E-state index in [2.05, 4.69) is 36.0 Å². The van der Waals surface area contributed by atoms with Gasteiger partial charge in [0.1, 0.15) is 0 Å². The molecule has 0 aromatic heterocycles. The molecule has 0 amide bonds. The van der Waals surface area contributed by atoms with Gasteiger partial charge in [-0.15, -0.1) is 0 Å². The van der Waals surface area contributed by atoms with Crippen molar-refractivity contribution in [1.29, 1.82) is 0 Å². The van der Waals surface area contributed by atoms with Crippen LogP contribution in [0.1, 0.15) is 41.7 Å². The van der Waals surface area contributed by atoms with Crippen molar-refractivity contribution < 1.29 is 8.42 Å². The largest absolute Gasteiger partial charge is 0.309 e. The van der Waals surface area contributed by atoms with Crippen LogP contribution < -0.4 is 10.0 Å². The van der Waals surface area contributed by atoms with Gasteiger partial charge in [-0.1, -0.05) is 38.1 Å². The topological polar surface area (TPSA) is 58.2 Å². The molecule has 2 N–H and O–H groups in total. The molecule has 2 aromatic rings. The van der Waals surface area contributed by atoms with Gasteiger partial charge in [-0.05, 0) is 52.8 Å². The van der Waals surface area contributed by atoms with Crippen LogP contribution in [0.2, 0.25) is 0 Å². The van der Waals surface area contributed by atoms with Crippen LogP contribution >= 0.6 is 0 Å². The highest BCUT2D eigenvalue weighted by Crippen LogP contribution is 2.19. The Hall–Kier alpha value is -1.69. The Kier molecular flexibility index (Phi) is 5.04. The van der Waals surface area contributed by atoms with Crippen molar-refractivity contribution in [2.45, 2.75) is 51.2 Å². The molecule has 2 aromatic carbocycles. The summed E-state index contributed by atoms with van der Waals surface area (Å²) in [7, 11) is -3.50. The number of sulfonamides is 1. The average Bonchev–Trinajstić information content (AvgIpc) is 3.07. The maximum atomic E-state index is 12.6. The normalized spacial score (nSPS) is 13.9. The first-order valence-corrected chi connectivity index (χ1v) is 9.94. The minimum Gasteiger partial charge on any atom is -0.309 e. The van der Waals surface area contributed by atoms with E-state index in [1.807, 2.05) is 12.1 Å². The number of nitrogens with one attached hydrogen (secondary N) is 2. The summed E-state index contributed by atoms with van der Waals surface area (Å²) in [6.07, 6.45) is 1.75. The van der Waals surface area contributed by atoms with E-state index in [1.54, 1.807) is 12.1 Å². The van der Waals surface area contributed by atoms with Crippen LogP contribution in [0.3, 0.4) is 0 Å². The van der Waals surface area contributed by atoms with E-state index in [0.29, 0.717) is 11.4 Å². The summed E-state index contributed by atoms with van der Waals surface area (Å²) in [5, 5.41) is 3.30. The number of benzene rings is 2.